The zero-order chi connectivity index (χ0) is 9.14. The Morgan fingerprint density at radius 3 is 2.67 bits per heavy atom. The molecule has 12 heavy (non-hydrogen) atoms. The van der Waals surface area contributed by atoms with Crippen molar-refractivity contribution in [1.29, 1.82) is 0 Å². The van der Waals surface area contributed by atoms with E-state index in [0.29, 0.717) is 6.54 Å². The monoisotopic (exact) mass is 166 g/mol. The molecule has 0 amide bonds. The third-order valence-electron chi connectivity index (χ3n) is 1.84. The van der Waals surface area contributed by atoms with Crippen LogP contribution in [0.2, 0.25) is 0 Å². The van der Waals surface area contributed by atoms with E-state index in [4.69, 9.17) is 5.73 Å². The highest BCUT2D eigenvalue weighted by molar-refractivity contribution is 5.23. The Morgan fingerprint density at radius 1 is 1.58 bits per heavy atom. The van der Waals surface area contributed by atoms with Gasteiger partial charge in [0, 0.05) is 17.8 Å². The van der Waals surface area contributed by atoms with Gasteiger partial charge in [0.25, 0.3) is 0 Å². The van der Waals surface area contributed by atoms with Crippen LogP contribution in [0.15, 0.2) is 12.1 Å². The molecule has 0 saturated carbocycles. The van der Waals surface area contributed by atoms with Crippen LogP contribution in [0.1, 0.15) is 30.0 Å². The summed E-state index contributed by atoms with van der Waals surface area (Å²) in [6, 6.07) is 3.71. The van der Waals surface area contributed by atoms with E-state index in [2.05, 4.69) is 4.98 Å². The molecule has 1 atom stereocenters. The van der Waals surface area contributed by atoms with Crippen LogP contribution in [0, 0.1) is 6.92 Å². The molecule has 0 saturated heterocycles. The first-order valence-corrected chi connectivity index (χ1v) is 3.99. The number of hydrogen-bond acceptors (Lipinski definition) is 3. The second kappa shape index (κ2) is 3.65. The number of aliphatic hydroxyl groups is 1. The Kier molecular flexibility index (Phi) is 2.78. The summed E-state index contributed by atoms with van der Waals surface area (Å²) in [5.74, 6) is 0. The van der Waals surface area contributed by atoms with Crippen LogP contribution < -0.4 is 5.73 Å². The highest BCUT2D eigenvalue weighted by atomic mass is 16.3. The van der Waals surface area contributed by atoms with E-state index >= 15 is 0 Å². The minimum Gasteiger partial charge on any atom is -0.389 e. The van der Waals surface area contributed by atoms with E-state index in [9.17, 15) is 5.11 Å². The number of aromatic nitrogens is 1. The quantitative estimate of drug-likeness (QED) is 0.686. The van der Waals surface area contributed by atoms with Crippen molar-refractivity contribution in [2.75, 3.05) is 0 Å². The number of hydrogen-bond donors (Lipinski definition) is 2. The van der Waals surface area contributed by atoms with Crippen molar-refractivity contribution in [2.45, 2.75) is 26.5 Å². The van der Waals surface area contributed by atoms with Gasteiger partial charge in [0.05, 0.1) is 11.8 Å². The maximum atomic E-state index is 9.30. The summed E-state index contributed by atoms with van der Waals surface area (Å²) in [5.41, 5.74) is 8.00. The lowest BCUT2D eigenvalue weighted by atomic mass is 10.1. The van der Waals surface area contributed by atoms with E-state index in [-0.39, 0.29) is 0 Å². The smallest absolute Gasteiger partial charge is 0.0779 e. The van der Waals surface area contributed by atoms with Gasteiger partial charge in [0.2, 0.25) is 0 Å². The van der Waals surface area contributed by atoms with Crippen molar-refractivity contribution in [2.24, 2.45) is 5.73 Å². The predicted octanol–water partition coefficient (Wildman–Crippen LogP) is 0.902. The Labute approximate surface area is 72.2 Å². The van der Waals surface area contributed by atoms with E-state index in [0.717, 1.165) is 17.0 Å². The summed E-state index contributed by atoms with van der Waals surface area (Å²) in [6.07, 6.45) is -0.454. The second-order valence-electron chi connectivity index (χ2n) is 2.86. The van der Waals surface area contributed by atoms with Gasteiger partial charge in [-0.3, -0.25) is 4.98 Å². The minimum atomic E-state index is -0.454. The van der Waals surface area contributed by atoms with E-state index in [1.165, 1.54) is 0 Å². The molecule has 0 aromatic carbocycles. The van der Waals surface area contributed by atoms with Crippen LogP contribution in [0.4, 0.5) is 0 Å². The van der Waals surface area contributed by atoms with Crippen molar-refractivity contribution in [3.05, 3.63) is 29.1 Å². The Bertz CT molecular complexity index is 271. The average molecular weight is 166 g/mol. The molecule has 1 heterocycles. The lowest BCUT2D eigenvalue weighted by Gasteiger charge is -2.08. The minimum absolute atomic E-state index is 0.445. The number of aryl methyl sites for hydroxylation is 1. The molecule has 0 aliphatic carbocycles. The van der Waals surface area contributed by atoms with E-state index in [1.807, 2.05) is 19.1 Å². The fraction of sp³-hybridized carbons (Fsp3) is 0.444. The van der Waals surface area contributed by atoms with Crippen LogP contribution >= 0.6 is 0 Å². The molecule has 0 unspecified atom stereocenters. The number of nitrogens with zero attached hydrogens (tertiary/aromatic N) is 1. The number of nitrogens with two attached hydrogens (primary N) is 1. The maximum absolute atomic E-state index is 9.30. The average Bonchev–Trinajstić information content (AvgIpc) is 2.03. The molecule has 0 bridgehead atoms. The SMILES string of the molecule is Cc1nc(CN)ccc1[C@@H](C)O. The fourth-order valence-corrected chi connectivity index (χ4v) is 1.18. The molecule has 66 valence electrons. The summed E-state index contributed by atoms with van der Waals surface area (Å²) in [6.45, 7) is 4.05. The molecule has 1 aromatic rings. The van der Waals surface area contributed by atoms with Gasteiger partial charge >= 0.3 is 0 Å². The molecule has 0 aliphatic rings. The van der Waals surface area contributed by atoms with Gasteiger partial charge in [-0.15, -0.1) is 0 Å². The van der Waals surface area contributed by atoms with Crippen molar-refractivity contribution >= 4 is 0 Å². The first-order valence-electron chi connectivity index (χ1n) is 3.99. The van der Waals surface area contributed by atoms with Crippen molar-refractivity contribution in [1.82, 2.24) is 4.98 Å². The highest BCUT2D eigenvalue weighted by Crippen LogP contribution is 2.15. The molecule has 0 aliphatic heterocycles. The molecule has 0 fully saturated rings. The number of pyridine rings is 1. The molecule has 3 N–H and O–H groups in total. The normalized spacial score (nSPS) is 13.0. The molecule has 3 nitrogen and oxygen atoms in total. The standard InChI is InChI=1S/C9H14N2O/c1-6-9(7(2)12)4-3-8(5-10)11-6/h3-4,7,12H,5,10H2,1-2H3/t7-/m1/s1. The van der Waals surface area contributed by atoms with E-state index in [1.54, 1.807) is 6.92 Å². The molecule has 3 heteroatoms. The van der Waals surface area contributed by atoms with E-state index < -0.39 is 6.10 Å². The summed E-state index contributed by atoms with van der Waals surface area (Å²) in [7, 11) is 0. The van der Waals surface area contributed by atoms with Gasteiger partial charge in [-0.2, -0.15) is 0 Å². The summed E-state index contributed by atoms with van der Waals surface area (Å²) in [5, 5.41) is 9.30. The summed E-state index contributed by atoms with van der Waals surface area (Å²) < 4.78 is 0. The molecule has 1 rings (SSSR count). The first kappa shape index (κ1) is 9.16. The van der Waals surface area contributed by atoms with Crippen LogP contribution in [-0.4, -0.2) is 10.1 Å². The lowest BCUT2D eigenvalue weighted by molar-refractivity contribution is 0.198. The van der Waals surface area contributed by atoms with Crippen LogP contribution in [0.3, 0.4) is 0 Å². The molecular weight excluding hydrogens is 152 g/mol. The van der Waals surface area contributed by atoms with Crippen LogP contribution in [-0.2, 0) is 6.54 Å². The number of rotatable bonds is 2. The fourth-order valence-electron chi connectivity index (χ4n) is 1.18. The summed E-state index contributed by atoms with van der Waals surface area (Å²) in [4.78, 5) is 4.23. The molecule has 0 spiro atoms. The van der Waals surface area contributed by atoms with Crippen molar-refractivity contribution < 1.29 is 5.11 Å². The third-order valence-corrected chi connectivity index (χ3v) is 1.84. The van der Waals surface area contributed by atoms with Gasteiger partial charge in [0.1, 0.15) is 0 Å². The van der Waals surface area contributed by atoms with Crippen LogP contribution in [0.5, 0.6) is 0 Å². The lowest BCUT2D eigenvalue weighted by Crippen LogP contribution is -2.04. The maximum Gasteiger partial charge on any atom is 0.0779 e. The topological polar surface area (TPSA) is 59.1 Å². The molecule has 1 aromatic heterocycles. The van der Waals surface area contributed by atoms with Gasteiger partial charge < -0.3 is 10.8 Å². The van der Waals surface area contributed by atoms with Gasteiger partial charge in [-0.25, -0.2) is 0 Å². The Morgan fingerprint density at radius 2 is 2.25 bits per heavy atom. The van der Waals surface area contributed by atoms with Gasteiger partial charge in [0.15, 0.2) is 0 Å². The zero-order valence-corrected chi connectivity index (χ0v) is 7.41. The van der Waals surface area contributed by atoms with Gasteiger partial charge in [-0.1, -0.05) is 6.07 Å². The second-order valence-corrected chi connectivity index (χ2v) is 2.86. The van der Waals surface area contributed by atoms with Gasteiger partial charge in [-0.05, 0) is 19.9 Å². The summed E-state index contributed by atoms with van der Waals surface area (Å²) >= 11 is 0. The van der Waals surface area contributed by atoms with Crippen molar-refractivity contribution in [3.8, 4) is 0 Å². The highest BCUT2D eigenvalue weighted by Gasteiger charge is 2.05. The largest absolute Gasteiger partial charge is 0.389 e. The molecule has 0 radical (unpaired) electrons. The predicted molar refractivity (Wildman–Crippen MR) is 47.5 cm³/mol. The van der Waals surface area contributed by atoms with Crippen LogP contribution in [0.25, 0.3) is 0 Å². The van der Waals surface area contributed by atoms with Crippen molar-refractivity contribution in [3.63, 3.8) is 0 Å². The Balaban J connectivity index is 3.03. The first-order chi connectivity index (χ1) is 5.65. The Hall–Kier alpha value is -0.930. The molecular formula is C9H14N2O. The number of aliphatic hydroxyl groups excluding tert-OH is 1. The zero-order valence-electron chi connectivity index (χ0n) is 7.41. The third kappa shape index (κ3) is 1.81.